The Hall–Kier alpha value is 1.38. The zero-order valence-electron chi connectivity index (χ0n) is 2.67. The molecule has 0 aliphatic heterocycles. The van der Waals surface area contributed by atoms with Crippen LogP contribution in [-0.2, 0) is 6.03 Å². The standard InChI is InChI=1S/Na.3O.Sb/q+1;;;-1;. The van der Waals surface area contributed by atoms with Gasteiger partial charge in [-0.3, -0.25) is 0 Å². The second-order valence-electron chi connectivity index (χ2n) is 0.224. The number of hydrogen-bond donors (Lipinski definition) is 0. The van der Waals surface area contributed by atoms with Gasteiger partial charge in [0.15, 0.2) is 0 Å². The van der Waals surface area contributed by atoms with Crippen molar-refractivity contribution in [1.82, 2.24) is 0 Å². The van der Waals surface area contributed by atoms with Gasteiger partial charge in [0.25, 0.3) is 0 Å². The van der Waals surface area contributed by atoms with E-state index in [9.17, 15) is 0 Å². The molecule has 0 rings (SSSR count). The third-order valence-electron chi connectivity index (χ3n) is 0. The van der Waals surface area contributed by atoms with Gasteiger partial charge in [0.05, 0.1) is 0 Å². The molecule has 0 unspecified atom stereocenters. The van der Waals surface area contributed by atoms with E-state index in [1.165, 1.54) is 0 Å². The van der Waals surface area contributed by atoms with E-state index in [0.29, 0.717) is 0 Å². The first-order valence-corrected chi connectivity index (χ1v) is 3.67. The molecule has 0 radical (unpaired) electrons. The van der Waals surface area contributed by atoms with Gasteiger partial charge in [-0.2, -0.15) is 0 Å². The van der Waals surface area contributed by atoms with Crippen molar-refractivity contribution in [2.45, 2.75) is 0 Å². The third-order valence-corrected chi connectivity index (χ3v) is 0. The van der Waals surface area contributed by atoms with Crippen LogP contribution in [0, 0.1) is 0 Å². The first kappa shape index (κ1) is 9.62. The van der Waals surface area contributed by atoms with E-state index in [1.807, 2.05) is 0 Å². The second-order valence-corrected chi connectivity index (χ2v) is 1.50. The molecule has 0 aromatic heterocycles. The Labute approximate surface area is 59.0 Å². The van der Waals surface area contributed by atoms with Gasteiger partial charge in [-0.15, -0.1) is 0 Å². The third kappa shape index (κ3) is 32.3. The Balaban J connectivity index is 0. The fourth-order valence-corrected chi connectivity index (χ4v) is 0. The van der Waals surface area contributed by atoms with Crippen molar-refractivity contribution in [3.8, 4) is 0 Å². The molecule has 0 aliphatic carbocycles. The van der Waals surface area contributed by atoms with Crippen molar-refractivity contribution < 1.29 is 39.0 Å². The van der Waals surface area contributed by atoms with Gasteiger partial charge in [-0.05, 0) is 0 Å². The van der Waals surface area contributed by atoms with Crippen LogP contribution in [0.2, 0.25) is 0 Å². The summed E-state index contributed by atoms with van der Waals surface area (Å²) in [5, 5.41) is 0. The molecule has 0 N–H and O–H groups in total. The molecule has 0 atom stereocenters. The molecule has 5 heavy (non-hydrogen) atoms. The SMILES string of the molecule is [Na+].[O]=[Sb](=[O])[O-]. The molecule has 24 valence electrons. The Kier molecular flexibility index (Phi) is 10.4. The van der Waals surface area contributed by atoms with Crippen LogP contribution in [0.15, 0.2) is 0 Å². The fraction of sp³-hybridized carbons (Fsp3) is 0. The van der Waals surface area contributed by atoms with Crippen molar-refractivity contribution in [3.05, 3.63) is 0 Å². The molecular formula is NaO3Sb. The summed E-state index contributed by atoms with van der Waals surface area (Å²) in [6, 6.07) is 0. The van der Waals surface area contributed by atoms with Crippen LogP contribution in [-0.4, -0.2) is 20.6 Å². The van der Waals surface area contributed by atoms with Gasteiger partial charge >= 0.3 is 59.6 Å². The monoisotopic (exact) mass is 192 g/mol. The van der Waals surface area contributed by atoms with Crippen molar-refractivity contribution in [3.63, 3.8) is 0 Å². The first-order chi connectivity index (χ1) is 1.73. The molecule has 0 aromatic carbocycles. The van der Waals surface area contributed by atoms with Crippen LogP contribution in [0.4, 0.5) is 0 Å². The van der Waals surface area contributed by atoms with Gasteiger partial charge in [-0.25, -0.2) is 0 Å². The van der Waals surface area contributed by atoms with Crippen molar-refractivity contribution in [2.24, 2.45) is 0 Å². The van der Waals surface area contributed by atoms with Crippen LogP contribution in [0.3, 0.4) is 0 Å². The zero-order valence-corrected chi connectivity index (χ0v) is 7.22. The van der Waals surface area contributed by atoms with Crippen molar-refractivity contribution in [2.75, 3.05) is 0 Å². The van der Waals surface area contributed by atoms with Gasteiger partial charge in [-0.1, -0.05) is 0 Å². The molecule has 3 nitrogen and oxygen atoms in total. The minimum atomic E-state index is -4.20. The van der Waals surface area contributed by atoms with Crippen LogP contribution in [0.5, 0.6) is 0 Å². The summed E-state index contributed by atoms with van der Waals surface area (Å²) in [6.45, 7) is 0. The molecule has 0 amide bonds. The van der Waals surface area contributed by atoms with E-state index >= 15 is 0 Å². The molecule has 0 saturated heterocycles. The normalized spacial score (nSPS) is 5.00. The average molecular weight is 193 g/mol. The fourth-order valence-electron chi connectivity index (χ4n) is 0. The Morgan fingerprint density at radius 2 is 1.40 bits per heavy atom. The van der Waals surface area contributed by atoms with E-state index in [-0.39, 0.29) is 29.6 Å². The minimum absolute atomic E-state index is 0. The summed E-state index contributed by atoms with van der Waals surface area (Å²) in [5.74, 6) is 0. The zero-order chi connectivity index (χ0) is 3.58. The maximum absolute atomic E-state index is 8.60. The Morgan fingerprint density at radius 3 is 1.40 bits per heavy atom. The summed E-state index contributed by atoms with van der Waals surface area (Å²) in [7, 11) is 0. The van der Waals surface area contributed by atoms with Gasteiger partial charge < -0.3 is 0 Å². The summed E-state index contributed by atoms with van der Waals surface area (Å²) in [6.07, 6.45) is 0. The topological polar surface area (TPSA) is 57.2 Å². The quantitative estimate of drug-likeness (QED) is 0.362. The summed E-state index contributed by atoms with van der Waals surface area (Å²) in [5.41, 5.74) is 0. The summed E-state index contributed by atoms with van der Waals surface area (Å²) in [4.78, 5) is 0. The molecule has 5 heteroatoms. The van der Waals surface area contributed by atoms with Crippen LogP contribution < -0.4 is 32.9 Å². The van der Waals surface area contributed by atoms with Crippen LogP contribution in [0.25, 0.3) is 0 Å². The molecule has 0 fully saturated rings. The van der Waals surface area contributed by atoms with E-state index < -0.39 is 20.6 Å². The van der Waals surface area contributed by atoms with Gasteiger partial charge in [0, 0.05) is 0 Å². The van der Waals surface area contributed by atoms with E-state index in [0.717, 1.165) is 0 Å². The Bertz CT molecular complexity index is 55.3. The molecule has 0 spiro atoms. The van der Waals surface area contributed by atoms with Crippen LogP contribution >= 0.6 is 0 Å². The van der Waals surface area contributed by atoms with E-state index in [1.54, 1.807) is 0 Å². The van der Waals surface area contributed by atoms with E-state index in [4.69, 9.17) is 9.42 Å². The van der Waals surface area contributed by atoms with Gasteiger partial charge in [0.1, 0.15) is 0 Å². The predicted octanol–water partition coefficient (Wildman–Crippen LogP) is -4.80. The second kappa shape index (κ2) is 5.38. The maximum atomic E-state index is 8.60. The van der Waals surface area contributed by atoms with E-state index in [2.05, 4.69) is 0 Å². The number of hydrogen-bond acceptors (Lipinski definition) is 3. The summed E-state index contributed by atoms with van der Waals surface area (Å²) >= 11 is -4.20. The molecule has 0 aliphatic rings. The average Bonchev–Trinajstić information content (AvgIpc) is 0.811. The van der Waals surface area contributed by atoms with Crippen molar-refractivity contribution >= 4 is 20.6 Å². The van der Waals surface area contributed by atoms with Crippen molar-refractivity contribution in [1.29, 1.82) is 0 Å². The molecule has 0 heterocycles. The Morgan fingerprint density at radius 1 is 1.40 bits per heavy atom. The van der Waals surface area contributed by atoms with Gasteiger partial charge in [0.2, 0.25) is 0 Å². The molecular weight excluding hydrogens is 193 g/mol. The first-order valence-electron chi connectivity index (χ1n) is 0.548. The van der Waals surface area contributed by atoms with Crippen LogP contribution in [0.1, 0.15) is 0 Å². The number of rotatable bonds is 0. The molecule has 0 aromatic rings. The molecule has 0 bridgehead atoms. The molecule has 0 saturated carbocycles. The summed E-state index contributed by atoms with van der Waals surface area (Å²) < 4.78 is 25.8. The predicted molar refractivity (Wildman–Crippen MR) is 7.13 cm³/mol.